The summed E-state index contributed by atoms with van der Waals surface area (Å²) in [5.41, 5.74) is 0. The van der Waals surface area contributed by atoms with Gasteiger partial charge >= 0.3 is 29.8 Å². The zero-order valence-corrected chi connectivity index (χ0v) is 38.4. The van der Waals surface area contributed by atoms with E-state index in [0.29, 0.717) is 45.5 Å². The summed E-state index contributed by atoms with van der Waals surface area (Å²) in [6, 6.07) is 0. The molecule has 0 heterocycles. The van der Waals surface area contributed by atoms with Crippen molar-refractivity contribution >= 4 is 29.8 Å². The number of methoxy groups -OCH3 is 1. The minimum atomic E-state index is -0.480. The summed E-state index contributed by atoms with van der Waals surface area (Å²) >= 11 is 0. The summed E-state index contributed by atoms with van der Waals surface area (Å²) in [5.74, 6) is -2.43. The molecule has 0 rings (SSSR count). The zero-order chi connectivity index (χ0) is 43.8. The maximum absolute atomic E-state index is 12.9. The van der Waals surface area contributed by atoms with Crippen LogP contribution in [0.4, 0.5) is 0 Å². The van der Waals surface area contributed by atoms with E-state index in [2.05, 4.69) is 20.8 Å². The highest BCUT2D eigenvalue weighted by Gasteiger charge is 2.20. The summed E-state index contributed by atoms with van der Waals surface area (Å²) in [7, 11) is 5.47. The van der Waals surface area contributed by atoms with E-state index in [1.165, 1.54) is 57.8 Å². The average Bonchev–Trinajstić information content (AvgIpc) is 3.21. The lowest BCUT2D eigenvalue weighted by Gasteiger charge is -2.24. The zero-order valence-electron chi connectivity index (χ0n) is 38.4. The summed E-state index contributed by atoms with van der Waals surface area (Å²) in [5, 5.41) is 0. The van der Waals surface area contributed by atoms with Gasteiger partial charge in [-0.15, -0.1) is 0 Å². The van der Waals surface area contributed by atoms with Gasteiger partial charge in [0, 0.05) is 52.6 Å². The number of carbonyl (C=O) groups is 5. The van der Waals surface area contributed by atoms with E-state index >= 15 is 0 Å². The molecule has 13 heteroatoms. The molecule has 13 nitrogen and oxygen atoms in total. The third-order valence-electron chi connectivity index (χ3n) is 10.1. The van der Waals surface area contributed by atoms with Crippen molar-refractivity contribution in [2.75, 3.05) is 87.0 Å². The molecule has 0 aromatic heterocycles. The molecule has 0 bridgehead atoms. The Morgan fingerprint density at radius 3 is 0.966 bits per heavy atom. The van der Waals surface area contributed by atoms with Gasteiger partial charge in [0.25, 0.3) is 0 Å². The highest BCUT2D eigenvalue weighted by molar-refractivity contribution is 5.71. The first-order chi connectivity index (χ1) is 28.5. The van der Waals surface area contributed by atoms with Crippen LogP contribution in [-0.2, 0) is 52.4 Å². The summed E-state index contributed by atoms with van der Waals surface area (Å²) in [6.07, 6.45) is 20.5. The van der Waals surface area contributed by atoms with E-state index in [-0.39, 0.29) is 75.7 Å². The van der Waals surface area contributed by atoms with Crippen LogP contribution >= 0.6 is 0 Å². The van der Waals surface area contributed by atoms with E-state index in [1.807, 2.05) is 23.9 Å². The highest BCUT2D eigenvalue weighted by Crippen LogP contribution is 2.12. The number of ether oxygens (including phenoxy) is 6. The average molecular weight is 843 g/mol. The lowest BCUT2D eigenvalue weighted by molar-refractivity contribution is -0.154. The molecule has 0 amide bonds. The van der Waals surface area contributed by atoms with Gasteiger partial charge in [0.15, 0.2) is 0 Å². The molecule has 0 saturated heterocycles. The Bertz CT molecular complexity index is 1030. The minimum absolute atomic E-state index is 0.00379. The number of hydrogen-bond acceptors (Lipinski definition) is 13. The van der Waals surface area contributed by atoms with Crippen molar-refractivity contribution in [3.8, 4) is 0 Å². The Morgan fingerprint density at radius 1 is 0.373 bits per heavy atom. The van der Waals surface area contributed by atoms with Gasteiger partial charge in [-0.1, -0.05) is 117 Å². The summed E-state index contributed by atoms with van der Waals surface area (Å²) in [6.45, 7) is 9.04. The van der Waals surface area contributed by atoms with Gasteiger partial charge in [0.05, 0.1) is 44.5 Å². The van der Waals surface area contributed by atoms with Gasteiger partial charge in [0.2, 0.25) is 0 Å². The van der Waals surface area contributed by atoms with Gasteiger partial charge in [0.1, 0.15) is 19.8 Å². The SMILES string of the molecule is CCCCCCCCC(=O)OCC(COC)COC(=O)CCN(CCC(=O)OCC(COC(=O)CCCCCCCC)COC(=O)CCCCCCCC)CCN(C)C. The molecule has 0 radical (unpaired) electrons. The van der Waals surface area contributed by atoms with Crippen molar-refractivity contribution in [3.63, 3.8) is 0 Å². The first-order valence-corrected chi connectivity index (χ1v) is 23.2. The lowest BCUT2D eigenvalue weighted by atomic mass is 10.1. The van der Waals surface area contributed by atoms with Crippen LogP contribution in [0, 0.1) is 11.8 Å². The number of nitrogens with zero attached hydrogens (tertiary/aromatic N) is 2. The molecule has 59 heavy (non-hydrogen) atoms. The van der Waals surface area contributed by atoms with E-state index in [1.54, 1.807) is 7.11 Å². The molecule has 1 atom stereocenters. The molecule has 0 aliphatic heterocycles. The minimum Gasteiger partial charge on any atom is -0.465 e. The Balaban J connectivity index is 4.96. The van der Waals surface area contributed by atoms with E-state index in [0.717, 1.165) is 64.3 Å². The second-order valence-electron chi connectivity index (χ2n) is 16.3. The molecule has 0 aromatic rings. The quantitative estimate of drug-likeness (QED) is 0.0329. The van der Waals surface area contributed by atoms with Crippen LogP contribution in [-0.4, -0.2) is 127 Å². The first kappa shape index (κ1) is 56.2. The van der Waals surface area contributed by atoms with Crippen molar-refractivity contribution < 1.29 is 52.4 Å². The van der Waals surface area contributed by atoms with E-state index in [4.69, 9.17) is 28.4 Å². The van der Waals surface area contributed by atoms with Crippen molar-refractivity contribution in [1.82, 2.24) is 9.80 Å². The molecular weight excluding hydrogens is 757 g/mol. The van der Waals surface area contributed by atoms with Crippen molar-refractivity contribution in [1.29, 1.82) is 0 Å². The Labute approximate surface area is 358 Å². The predicted octanol–water partition coefficient (Wildman–Crippen LogP) is 8.48. The molecule has 0 N–H and O–H groups in total. The van der Waals surface area contributed by atoms with E-state index < -0.39 is 11.9 Å². The molecule has 0 fully saturated rings. The number of unbranched alkanes of at least 4 members (excludes halogenated alkanes) is 15. The second kappa shape index (κ2) is 40.6. The number of hydrogen-bond donors (Lipinski definition) is 0. The maximum Gasteiger partial charge on any atom is 0.307 e. The number of rotatable bonds is 42. The molecule has 0 spiro atoms. The monoisotopic (exact) mass is 843 g/mol. The van der Waals surface area contributed by atoms with Crippen molar-refractivity contribution in [3.05, 3.63) is 0 Å². The lowest BCUT2D eigenvalue weighted by Crippen LogP contribution is -2.35. The molecule has 346 valence electrons. The molecular formula is C46H86N2O11. The Hall–Kier alpha value is -2.77. The standard InChI is InChI=1S/C46H86N2O11/c1-7-10-13-16-19-22-25-42(49)55-35-40(34-54-6)36-58-45(52)28-30-48(33-32-47(4)5)31-29-46(53)59-39-41(37-56-43(50)26-23-20-17-14-11-8-2)38-57-44(51)27-24-21-18-15-12-9-3/h40-41H,7-39H2,1-6H3. The smallest absolute Gasteiger partial charge is 0.307 e. The van der Waals surface area contributed by atoms with Crippen LogP contribution in [0.15, 0.2) is 0 Å². The third kappa shape index (κ3) is 37.9. The van der Waals surface area contributed by atoms with E-state index in [9.17, 15) is 24.0 Å². The van der Waals surface area contributed by atoms with Crippen LogP contribution in [0.3, 0.4) is 0 Å². The normalized spacial score (nSPS) is 11.9. The van der Waals surface area contributed by atoms with Gasteiger partial charge < -0.3 is 38.2 Å². The van der Waals surface area contributed by atoms with Gasteiger partial charge in [-0.05, 0) is 33.4 Å². The van der Waals surface area contributed by atoms with Crippen LogP contribution in [0.2, 0.25) is 0 Å². The Morgan fingerprint density at radius 2 is 0.661 bits per heavy atom. The van der Waals surface area contributed by atoms with Crippen LogP contribution in [0.25, 0.3) is 0 Å². The van der Waals surface area contributed by atoms with Gasteiger partial charge in [-0.2, -0.15) is 0 Å². The van der Waals surface area contributed by atoms with Gasteiger partial charge in [-0.3, -0.25) is 24.0 Å². The number of esters is 5. The maximum atomic E-state index is 12.9. The highest BCUT2D eigenvalue weighted by atomic mass is 16.6. The van der Waals surface area contributed by atoms with Crippen LogP contribution in [0.1, 0.15) is 168 Å². The van der Waals surface area contributed by atoms with Crippen LogP contribution in [0.5, 0.6) is 0 Å². The fourth-order valence-electron chi connectivity index (χ4n) is 6.26. The fourth-order valence-corrected chi connectivity index (χ4v) is 6.26. The Kier molecular flexibility index (Phi) is 38.7. The largest absolute Gasteiger partial charge is 0.465 e. The summed E-state index contributed by atoms with van der Waals surface area (Å²) in [4.78, 5) is 66.9. The van der Waals surface area contributed by atoms with Gasteiger partial charge in [-0.25, -0.2) is 0 Å². The van der Waals surface area contributed by atoms with Crippen molar-refractivity contribution in [2.45, 2.75) is 168 Å². The molecule has 0 saturated carbocycles. The second-order valence-corrected chi connectivity index (χ2v) is 16.3. The number of carbonyl (C=O) groups excluding carboxylic acids is 5. The van der Waals surface area contributed by atoms with Crippen LogP contribution < -0.4 is 0 Å². The molecule has 0 aliphatic carbocycles. The third-order valence-corrected chi connectivity index (χ3v) is 10.1. The first-order valence-electron chi connectivity index (χ1n) is 23.2. The summed E-state index contributed by atoms with van der Waals surface area (Å²) < 4.78 is 32.9. The number of likely N-dealkylation sites (N-methyl/N-ethyl adjacent to an activating group) is 1. The van der Waals surface area contributed by atoms with Crippen molar-refractivity contribution in [2.24, 2.45) is 11.8 Å². The molecule has 1 unspecified atom stereocenters. The predicted molar refractivity (Wildman–Crippen MR) is 232 cm³/mol. The fraction of sp³-hybridized carbons (Fsp3) is 0.891. The molecule has 0 aliphatic rings. The topological polar surface area (TPSA) is 147 Å². The molecule has 0 aromatic carbocycles.